The molecule has 0 fully saturated rings. The van der Waals surface area contributed by atoms with Gasteiger partial charge in [0.2, 0.25) is 5.91 Å². The largest absolute Gasteiger partial charge is 0.405 e. The molecule has 0 spiro atoms. The van der Waals surface area contributed by atoms with E-state index in [0.717, 1.165) is 6.07 Å². The lowest BCUT2D eigenvalue weighted by molar-refractivity contribution is -0.158. The Bertz CT molecular complexity index is 272. The summed E-state index contributed by atoms with van der Waals surface area (Å²) in [7, 11) is 1.55. The van der Waals surface area contributed by atoms with Crippen molar-refractivity contribution in [2.75, 3.05) is 26.7 Å². The zero-order valence-corrected chi connectivity index (χ0v) is 9.14. The van der Waals surface area contributed by atoms with Gasteiger partial charge in [-0.25, -0.2) is 0 Å². The van der Waals surface area contributed by atoms with Crippen LogP contribution in [0.3, 0.4) is 0 Å². The van der Waals surface area contributed by atoms with E-state index >= 15 is 0 Å². The van der Waals surface area contributed by atoms with Gasteiger partial charge in [-0.05, 0) is 6.92 Å². The number of nitrogens with zero attached hydrogens (tertiary/aromatic N) is 2. The molecule has 0 radical (unpaired) electrons. The van der Waals surface area contributed by atoms with Gasteiger partial charge in [-0.15, -0.1) is 0 Å². The number of nitriles is 1. The number of hydrogen-bond acceptors (Lipinski definition) is 3. The Morgan fingerprint density at radius 2 is 2.12 bits per heavy atom. The first kappa shape index (κ1) is 14.7. The molecule has 0 saturated carbocycles. The summed E-state index contributed by atoms with van der Waals surface area (Å²) in [6, 6.07) is 1.15. The highest BCUT2D eigenvalue weighted by molar-refractivity contribution is 5.77. The SMILES string of the molecule is CCN(C)C(=O)CNCC(C#N)C(F)(F)F. The van der Waals surface area contributed by atoms with E-state index in [9.17, 15) is 18.0 Å². The molecule has 92 valence electrons. The van der Waals surface area contributed by atoms with Crippen LogP contribution in [0.4, 0.5) is 13.2 Å². The Hall–Kier alpha value is -1.29. The van der Waals surface area contributed by atoms with Gasteiger partial charge in [-0.1, -0.05) is 0 Å². The van der Waals surface area contributed by atoms with Crippen LogP contribution in [0.15, 0.2) is 0 Å². The lowest BCUT2D eigenvalue weighted by atomic mass is 10.1. The van der Waals surface area contributed by atoms with E-state index in [1.54, 1.807) is 14.0 Å². The number of halogens is 3. The van der Waals surface area contributed by atoms with Crippen molar-refractivity contribution in [1.29, 1.82) is 5.26 Å². The lowest BCUT2D eigenvalue weighted by Gasteiger charge is -2.17. The van der Waals surface area contributed by atoms with Gasteiger partial charge in [0.15, 0.2) is 5.92 Å². The molecule has 4 nitrogen and oxygen atoms in total. The van der Waals surface area contributed by atoms with Crippen molar-refractivity contribution in [3.8, 4) is 6.07 Å². The maximum Gasteiger partial charge on any atom is 0.405 e. The van der Waals surface area contributed by atoms with Gasteiger partial charge in [0, 0.05) is 20.1 Å². The number of rotatable bonds is 5. The van der Waals surface area contributed by atoms with E-state index in [1.807, 2.05) is 0 Å². The average Bonchev–Trinajstić information content (AvgIpc) is 2.20. The maximum absolute atomic E-state index is 12.1. The smallest absolute Gasteiger partial charge is 0.345 e. The first-order chi connectivity index (χ1) is 7.32. The van der Waals surface area contributed by atoms with Crippen molar-refractivity contribution in [1.82, 2.24) is 10.2 Å². The molecule has 0 heterocycles. The van der Waals surface area contributed by atoms with Crippen LogP contribution in [0.1, 0.15) is 6.92 Å². The Morgan fingerprint density at radius 1 is 1.56 bits per heavy atom. The fourth-order valence-electron chi connectivity index (χ4n) is 0.869. The number of amides is 1. The molecular weight excluding hydrogens is 223 g/mol. The first-order valence-corrected chi connectivity index (χ1v) is 4.74. The van der Waals surface area contributed by atoms with Crippen LogP contribution in [0.5, 0.6) is 0 Å². The zero-order valence-electron chi connectivity index (χ0n) is 9.14. The van der Waals surface area contributed by atoms with Gasteiger partial charge in [0.25, 0.3) is 0 Å². The van der Waals surface area contributed by atoms with Gasteiger partial charge in [0.1, 0.15) is 0 Å². The number of likely N-dealkylation sites (N-methyl/N-ethyl adjacent to an activating group) is 1. The number of carbonyl (C=O) groups is 1. The summed E-state index contributed by atoms with van der Waals surface area (Å²) in [5.41, 5.74) is 0. The number of nitrogens with one attached hydrogen (secondary N) is 1. The predicted octanol–water partition coefficient (Wildman–Crippen LogP) is 0.756. The molecule has 0 aliphatic rings. The standard InChI is InChI=1S/C9H14F3N3O/c1-3-15(2)8(16)6-14-5-7(4-13)9(10,11)12/h7,14H,3,5-6H2,1-2H3. The van der Waals surface area contributed by atoms with Gasteiger partial charge >= 0.3 is 6.18 Å². The fraction of sp³-hybridized carbons (Fsp3) is 0.778. The monoisotopic (exact) mass is 237 g/mol. The van der Waals surface area contributed by atoms with E-state index in [2.05, 4.69) is 5.32 Å². The molecule has 0 aromatic rings. The molecule has 16 heavy (non-hydrogen) atoms. The molecule has 0 bridgehead atoms. The summed E-state index contributed by atoms with van der Waals surface area (Å²) in [4.78, 5) is 12.6. The van der Waals surface area contributed by atoms with Crippen molar-refractivity contribution in [2.45, 2.75) is 13.1 Å². The molecule has 0 rings (SSSR count). The second-order valence-electron chi connectivity index (χ2n) is 3.26. The third-order valence-electron chi connectivity index (χ3n) is 2.08. The van der Waals surface area contributed by atoms with Gasteiger partial charge in [0.05, 0.1) is 12.6 Å². The highest BCUT2D eigenvalue weighted by Gasteiger charge is 2.39. The lowest BCUT2D eigenvalue weighted by Crippen LogP contribution is -2.39. The third kappa shape index (κ3) is 4.98. The van der Waals surface area contributed by atoms with E-state index in [0.29, 0.717) is 6.54 Å². The van der Waals surface area contributed by atoms with Crippen molar-refractivity contribution < 1.29 is 18.0 Å². The van der Waals surface area contributed by atoms with E-state index in [1.165, 1.54) is 4.90 Å². The van der Waals surface area contributed by atoms with Crippen LogP contribution >= 0.6 is 0 Å². The summed E-state index contributed by atoms with van der Waals surface area (Å²) in [6.07, 6.45) is -4.55. The molecule has 1 N–H and O–H groups in total. The molecule has 0 saturated heterocycles. The van der Waals surface area contributed by atoms with E-state index in [-0.39, 0.29) is 12.5 Å². The second kappa shape index (κ2) is 6.33. The van der Waals surface area contributed by atoms with Crippen LogP contribution in [0.2, 0.25) is 0 Å². The van der Waals surface area contributed by atoms with Crippen molar-refractivity contribution in [3.05, 3.63) is 0 Å². The summed E-state index contributed by atoms with van der Waals surface area (Å²) in [6.45, 7) is 1.48. The Kier molecular flexibility index (Phi) is 5.82. The van der Waals surface area contributed by atoms with E-state index < -0.39 is 18.6 Å². The quantitative estimate of drug-likeness (QED) is 0.768. The summed E-state index contributed by atoms with van der Waals surface area (Å²) >= 11 is 0. The van der Waals surface area contributed by atoms with Crippen LogP contribution in [-0.2, 0) is 4.79 Å². The topological polar surface area (TPSA) is 56.1 Å². The number of alkyl halides is 3. The molecule has 1 unspecified atom stereocenters. The molecular formula is C9H14F3N3O. The Balaban J connectivity index is 3.99. The van der Waals surface area contributed by atoms with Crippen molar-refractivity contribution in [3.63, 3.8) is 0 Å². The van der Waals surface area contributed by atoms with Crippen LogP contribution in [-0.4, -0.2) is 43.7 Å². The minimum Gasteiger partial charge on any atom is -0.345 e. The second-order valence-corrected chi connectivity index (χ2v) is 3.26. The number of carbonyl (C=O) groups excluding carboxylic acids is 1. The van der Waals surface area contributed by atoms with Gasteiger partial charge in [-0.3, -0.25) is 4.79 Å². The minimum atomic E-state index is -4.55. The van der Waals surface area contributed by atoms with Crippen molar-refractivity contribution in [2.24, 2.45) is 5.92 Å². The summed E-state index contributed by atoms with van der Waals surface area (Å²) in [5, 5.41) is 10.6. The van der Waals surface area contributed by atoms with Gasteiger partial charge < -0.3 is 10.2 Å². The normalized spacial score (nSPS) is 13.0. The highest BCUT2D eigenvalue weighted by Crippen LogP contribution is 2.24. The average molecular weight is 237 g/mol. The van der Waals surface area contributed by atoms with Crippen molar-refractivity contribution >= 4 is 5.91 Å². The zero-order chi connectivity index (χ0) is 12.8. The summed E-state index contributed by atoms with van der Waals surface area (Å²) in [5.74, 6) is -2.38. The molecule has 0 aliphatic carbocycles. The van der Waals surface area contributed by atoms with Gasteiger partial charge in [-0.2, -0.15) is 18.4 Å². The Morgan fingerprint density at radius 3 is 2.50 bits per heavy atom. The maximum atomic E-state index is 12.1. The molecule has 7 heteroatoms. The first-order valence-electron chi connectivity index (χ1n) is 4.74. The summed E-state index contributed by atoms with van der Waals surface area (Å²) < 4.78 is 36.3. The fourth-order valence-corrected chi connectivity index (χ4v) is 0.869. The van der Waals surface area contributed by atoms with Crippen LogP contribution in [0, 0.1) is 17.2 Å². The highest BCUT2D eigenvalue weighted by atomic mass is 19.4. The third-order valence-corrected chi connectivity index (χ3v) is 2.08. The Labute approximate surface area is 92.0 Å². The number of hydrogen-bond donors (Lipinski definition) is 1. The minimum absolute atomic E-state index is 0.196. The van der Waals surface area contributed by atoms with Crippen LogP contribution < -0.4 is 5.32 Å². The van der Waals surface area contributed by atoms with E-state index in [4.69, 9.17) is 5.26 Å². The molecule has 0 aromatic heterocycles. The molecule has 1 atom stereocenters. The molecule has 1 amide bonds. The molecule has 0 aliphatic heterocycles. The van der Waals surface area contributed by atoms with Crippen LogP contribution in [0.25, 0.3) is 0 Å². The predicted molar refractivity (Wildman–Crippen MR) is 51.3 cm³/mol. The molecule has 0 aromatic carbocycles.